The topological polar surface area (TPSA) is 63.2 Å². The van der Waals surface area contributed by atoms with Crippen molar-refractivity contribution in [2.45, 2.75) is 195 Å². The van der Waals surface area contributed by atoms with Gasteiger partial charge < -0.3 is 0 Å². The summed E-state index contributed by atoms with van der Waals surface area (Å²) in [7, 11) is -4.48. The van der Waals surface area contributed by atoms with Gasteiger partial charge in [0.05, 0.1) is 6.10 Å². The molecule has 286 valence electrons. The first-order valence-corrected chi connectivity index (χ1v) is 34.8. The molecule has 2 heterocycles. The normalized spacial score (nSPS) is 25.5. The first-order chi connectivity index (χ1) is 22.7. The number of hydrogen-bond donors (Lipinski definition) is 0. The molecule has 2 aliphatic heterocycles. The Balaban J connectivity index is 2.41. The molecule has 2 aliphatic rings. The summed E-state index contributed by atoms with van der Waals surface area (Å²) in [6, 6.07) is 0. The SMILES string of the molecule is C=[C]([C@@H](O[Si](C)(C)C(C)(C)C)[C@@H](O[Si](C)(C)C(C)(C)C)[C@H]1C[C@@H](C)[C@H](CC(=O)O[C@H](/C=C/C=C(C)C)[C@H]2CC[C@H](CC#CC)O2)O1)[Sn]([CH3])([CH3])[CH3]. The van der Waals surface area contributed by atoms with E-state index in [0.29, 0.717) is 6.42 Å². The summed E-state index contributed by atoms with van der Waals surface area (Å²) in [5, 5.41) is 0.0324. The molecule has 2 saturated heterocycles. The van der Waals surface area contributed by atoms with Gasteiger partial charge in [-0.25, -0.2) is 0 Å². The Morgan fingerprint density at radius 2 is 1.54 bits per heavy atom. The van der Waals surface area contributed by atoms with Crippen LogP contribution in [0.15, 0.2) is 34.0 Å². The Kier molecular flexibility index (Phi) is 16.5. The second-order valence-corrected chi connectivity index (χ2v) is 43.3. The molecule has 0 amide bonds. The number of ether oxygens (including phenoxy) is 3. The molecule has 6 nitrogen and oxygen atoms in total. The van der Waals surface area contributed by atoms with E-state index in [1.807, 2.05) is 25.2 Å². The van der Waals surface area contributed by atoms with E-state index in [1.54, 1.807) is 0 Å². The van der Waals surface area contributed by atoms with E-state index < -0.39 is 41.1 Å². The number of rotatable bonds is 15. The Bertz CT molecular complexity index is 1270. The number of carbonyl (C=O) groups excluding carboxylic acids is 1. The van der Waals surface area contributed by atoms with Crippen molar-refractivity contribution in [1.82, 2.24) is 0 Å². The molecule has 0 N–H and O–H groups in total. The molecule has 0 bridgehead atoms. The molecule has 0 spiro atoms. The minimum absolute atomic E-state index is 0.00497. The van der Waals surface area contributed by atoms with Gasteiger partial charge in [-0.3, -0.25) is 0 Å². The molecule has 50 heavy (non-hydrogen) atoms. The zero-order chi connectivity index (χ0) is 38.5. The van der Waals surface area contributed by atoms with Gasteiger partial charge >= 0.3 is 253 Å². The third-order valence-corrected chi connectivity index (χ3v) is 26.6. The predicted octanol–water partition coefficient (Wildman–Crippen LogP) is 10.8. The predicted molar refractivity (Wildman–Crippen MR) is 218 cm³/mol. The standard InChI is InChI=1S/C38H65O6Si2.3CH3.Sn/c1-16-18-21-29-23-24-32(40-29)31(22-19-20-27(3)4)42-35(39)26-33-28(5)25-34(41-33)36(44-46(14,15)38(9,10)11)30(17-2)43-45(12,13)37(6,7)8;;;;/h19-20,22,28-34,36H,2,21,23-26H2,1,3-15H3;3*1H3;/b22-19+;;;;/t28-,29+,30-,31-,32-,33+,34-,36-;;;;/m1..../s1. The monoisotopic (exact) mass is 838 g/mol. The Labute approximate surface area is 314 Å². The van der Waals surface area contributed by atoms with Crippen molar-refractivity contribution in [3.05, 3.63) is 34.0 Å². The van der Waals surface area contributed by atoms with Gasteiger partial charge in [0.2, 0.25) is 0 Å². The van der Waals surface area contributed by atoms with E-state index >= 15 is 0 Å². The van der Waals surface area contributed by atoms with Crippen molar-refractivity contribution in [2.24, 2.45) is 5.92 Å². The van der Waals surface area contributed by atoms with E-state index in [-0.39, 0.29) is 65.0 Å². The molecule has 2 rings (SSSR count). The van der Waals surface area contributed by atoms with Crippen molar-refractivity contribution >= 4 is 41.0 Å². The molecule has 0 aromatic heterocycles. The molecule has 0 radical (unpaired) electrons. The van der Waals surface area contributed by atoms with Gasteiger partial charge in [-0.05, 0) is 27.2 Å². The minimum atomic E-state index is -2.71. The van der Waals surface area contributed by atoms with Crippen LogP contribution in [0.3, 0.4) is 0 Å². The van der Waals surface area contributed by atoms with Crippen molar-refractivity contribution in [2.75, 3.05) is 0 Å². The molecule has 0 aliphatic carbocycles. The molecular formula is C41H74O6Si2Sn. The van der Waals surface area contributed by atoms with Crippen LogP contribution in [0.25, 0.3) is 0 Å². The van der Waals surface area contributed by atoms with Crippen molar-refractivity contribution < 1.29 is 27.9 Å². The summed E-state index contributed by atoms with van der Waals surface area (Å²) in [5.41, 5.74) is 1.18. The second kappa shape index (κ2) is 18.1. The Morgan fingerprint density at radius 1 is 0.960 bits per heavy atom. The van der Waals surface area contributed by atoms with Gasteiger partial charge in [0.1, 0.15) is 0 Å². The molecular weight excluding hydrogens is 763 g/mol. The van der Waals surface area contributed by atoms with Gasteiger partial charge in [0.15, 0.2) is 0 Å². The van der Waals surface area contributed by atoms with Crippen LogP contribution in [-0.2, 0) is 27.9 Å². The fourth-order valence-electron chi connectivity index (χ4n) is 5.80. The molecule has 0 unspecified atom stereocenters. The maximum atomic E-state index is 13.7. The Morgan fingerprint density at radius 3 is 2.06 bits per heavy atom. The summed E-state index contributed by atoms with van der Waals surface area (Å²) in [5.74, 6) is 5.99. The molecule has 0 aromatic rings. The van der Waals surface area contributed by atoms with Crippen LogP contribution in [0.2, 0.25) is 51.1 Å². The van der Waals surface area contributed by atoms with Gasteiger partial charge in [-0.1, -0.05) is 11.6 Å². The quantitative estimate of drug-likeness (QED) is 0.0709. The van der Waals surface area contributed by atoms with Crippen LogP contribution in [0.1, 0.15) is 101 Å². The van der Waals surface area contributed by atoms with Crippen LogP contribution in [0.5, 0.6) is 0 Å². The summed E-state index contributed by atoms with van der Waals surface area (Å²) < 4.78 is 35.4. The van der Waals surface area contributed by atoms with E-state index in [2.05, 4.69) is 115 Å². The number of esters is 1. The fraction of sp³-hybridized carbons (Fsp3) is 0.780. The summed E-state index contributed by atoms with van der Waals surface area (Å²) in [4.78, 5) is 20.9. The first-order valence-electron chi connectivity index (χ1n) is 19.0. The van der Waals surface area contributed by atoms with Crippen LogP contribution in [0, 0.1) is 17.8 Å². The maximum absolute atomic E-state index is 13.7. The van der Waals surface area contributed by atoms with E-state index in [0.717, 1.165) is 19.3 Å². The van der Waals surface area contributed by atoms with Crippen LogP contribution in [-0.4, -0.2) is 83.7 Å². The third kappa shape index (κ3) is 13.0. The van der Waals surface area contributed by atoms with Gasteiger partial charge in [0, 0.05) is 6.42 Å². The van der Waals surface area contributed by atoms with Gasteiger partial charge in [-0.2, -0.15) is 0 Å². The van der Waals surface area contributed by atoms with Gasteiger partial charge in [0.25, 0.3) is 0 Å². The average molecular weight is 838 g/mol. The van der Waals surface area contributed by atoms with Crippen molar-refractivity contribution in [1.29, 1.82) is 0 Å². The molecule has 0 aromatic carbocycles. The van der Waals surface area contributed by atoms with Crippen LogP contribution >= 0.6 is 0 Å². The molecule has 9 heteroatoms. The van der Waals surface area contributed by atoms with Gasteiger partial charge in [-0.15, -0.1) is 11.8 Å². The van der Waals surface area contributed by atoms with E-state index in [9.17, 15) is 4.79 Å². The summed E-state index contributed by atoms with van der Waals surface area (Å²) >= 11 is -2.71. The number of hydrogen-bond acceptors (Lipinski definition) is 6. The zero-order valence-electron chi connectivity index (χ0n) is 35.0. The van der Waals surface area contributed by atoms with Crippen molar-refractivity contribution in [3.8, 4) is 11.8 Å². The molecule has 8 atom stereocenters. The van der Waals surface area contributed by atoms with Crippen LogP contribution < -0.4 is 0 Å². The Hall–Kier alpha value is -0.678. The number of carbonyl (C=O) groups is 1. The average Bonchev–Trinajstić information content (AvgIpc) is 3.57. The third-order valence-electron chi connectivity index (χ3n) is 11.4. The number of allylic oxidation sites excluding steroid dienone is 3. The fourth-order valence-corrected chi connectivity index (χ4v) is 11.8. The second-order valence-electron chi connectivity index (χ2n) is 19.1. The zero-order valence-corrected chi connectivity index (χ0v) is 39.9. The molecule has 0 saturated carbocycles. The van der Waals surface area contributed by atoms with Crippen molar-refractivity contribution in [3.63, 3.8) is 0 Å². The first kappa shape index (κ1) is 45.5. The summed E-state index contributed by atoms with van der Waals surface area (Å²) in [6.07, 6.45) is 7.73. The van der Waals surface area contributed by atoms with E-state index in [4.69, 9.17) is 29.6 Å². The summed E-state index contributed by atoms with van der Waals surface area (Å²) in [6.45, 7) is 35.9. The van der Waals surface area contributed by atoms with Crippen LogP contribution in [0.4, 0.5) is 0 Å². The van der Waals surface area contributed by atoms with E-state index in [1.165, 1.54) is 9.16 Å². The molecule has 2 fully saturated rings.